The van der Waals surface area contributed by atoms with Crippen molar-refractivity contribution in [2.45, 2.75) is 67.0 Å². The molecule has 1 atom stereocenters. The van der Waals surface area contributed by atoms with Crippen LogP contribution in [0.15, 0.2) is 4.42 Å². The average Bonchev–Trinajstić information content (AvgIpc) is 2.60. The van der Waals surface area contributed by atoms with Gasteiger partial charge in [0, 0.05) is 12.0 Å². The van der Waals surface area contributed by atoms with Crippen LogP contribution in [0.25, 0.3) is 0 Å². The summed E-state index contributed by atoms with van der Waals surface area (Å²) in [6.45, 7) is 15.9. The maximum atomic E-state index is 5.66. The van der Waals surface area contributed by atoms with Gasteiger partial charge in [0.25, 0.3) is 0 Å². The van der Waals surface area contributed by atoms with Crippen LogP contribution >= 0.6 is 0 Å². The maximum absolute atomic E-state index is 5.66. The maximum Gasteiger partial charge on any atom is 0.230 e. The average molecular weight is 253 g/mol. The first-order valence-electron chi connectivity index (χ1n) is 6.64. The van der Waals surface area contributed by atoms with E-state index in [4.69, 9.17) is 4.42 Å². The van der Waals surface area contributed by atoms with Crippen LogP contribution in [0.4, 0.5) is 0 Å². The predicted octanol–water partition coefficient (Wildman–Crippen LogP) is 3.18. The van der Waals surface area contributed by atoms with E-state index in [0.29, 0.717) is 18.4 Å². The highest BCUT2D eigenvalue weighted by Gasteiger charge is 2.22. The van der Waals surface area contributed by atoms with E-state index in [1.165, 1.54) is 0 Å². The van der Waals surface area contributed by atoms with Crippen LogP contribution in [0.5, 0.6) is 0 Å². The lowest BCUT2D eigenvalue weighted by atomic mass is 9.80. The lowest BCUT2D eigenvalue weighted by Gasteiger charge is -2.25. The van der Waals surface area contributed by atoms with Gasteiger partial charge in [-0.2, -0.15) is 0 Å². The minimum absolute atomic E-state index is 0.0628. The van der Waals surface area contributed by atoms with Gasteiger partial charge in [0.1, 0.15) is 0 Å². The Morgan fingerprint density at radius 1 is 1.06 bits per heavy atom. The third-order valence-corrected chi connectivity index (χ3v) is 3.24. The van der Waals surface area contributed by atoms with E-state index in [1.807, 2.05) is 0 Å². The van der Waals surface area contributed by atoms with Crippen LogP contribution < -0.4 is 5.32 Å². The summed E-state index contributed by atoms with van der Waals surface area (Å²) in [4.78, 5) is 0. The first-order valence-corrected chi connectivity index (χ1v) is 6.64. The van der Waals surface area contributed by atoms with Gasteiger partial charge < -0.3 is 9.73 Å². The monoisotopic (exact) mass is 253 g/mol. The van der Waals surface area contributed by atoms with Crippen molar-refractivity contribution >= 4 is 0 Å². The molecule has 0 aliphatic heterocycles. The fraction of sp³-hybridized carbons (Fsp3) is 0.857. The molecule has 0 spiro atoms. The Kier molecular flexibility index (Phi) is 4.54. The van der Waals surface area contributed by atoms with Crippen LogP contribution in [0.2, 0.25) is 0 Å². The summed E-state index contributed by atoms with van der Waals surface area (Å²) in [5.74, 6) is 1.92. The number of rotatable bonds is 4. The molecule has 1 unspecified atom stereocenters. The molecule has 0 radical (unpaired) electrons. The van der Waals surface area contributed by atoms with Gasteiger partial charge in [-0.05, 0) is 32.1 Å². The quantitative estimate of drug-likeness (QED) is 0.895. The molecule has 0 fully saturated rings. The van der Waals surface area contributed by atoms with E-state index in [1.54, 1.807) is 0 Å². The molecule has 0 saturated carbocycles. The van der Waals surface area contributed by atoms with Gasteiger partial charge in [-0.25, -0.2) is 0 Å². The zero-order valence-electron chi connectivity index (χ0n) is 12.8. The van der Waals surface area contributed by atoms with Crippen LogP contribution in [-0.4, -0.2) is 15.7 Å². The lowest BCUT2D eigenvalue weighted by molar-refractivity contribution is 0.242. The van der Waals surface area contributed by atoms with Crippen LogP contribution in [0.1, 0.15) is 60.2 Å². The molecule has 0 aromatic carbocycles. The molecule has 1 aromatic rings. The van der Waals surface area contributed by atoms with E-state index in [-0.39, 0.29) is 11.0 Å². The largest absolute Gasteiger partial charge is 0.424 e. The van der Waals surface area contributed by atoms with E-state index < -0.39 is 0 Å². The lowest BCUT2D eigenvalue weighted by Crippen LogP contribution is -2.35. The van der Waals surface area contributed by atoms with Gasteiger partial charge >= 0.3 is 0 Å². The van der Waals surface area contributed by atoms with Crippen LogP contribution in [0.3, 0.4) is 0 Å². The molecule has 1 heterocycles. The molecule has 1 rings (SSSR count). The second-order valence-corrected chi connectivity index (χ2v) is 7.16. The standard InChI is InChI=1S/C14H27N3O/c1-10(13(2,3)4)8-11-16-17-12(18-11)9-15-14(5,6)7/h10,15H,8-9H2,1-7H3. The molecule has 0 aliphatic carbocycles. The summed E-state index contributed by atoms with van der Waals surface area (Å²) in [6, 6.07) is 0. The Labute approximate surface area is 111 Å². The van der Waals surface area contributed by atoms with E-state index >= 15 is 0 Å². The third-order valence-electron chi connectivity index (χ3n) is 3.24. The number of nitrogens with one attached hydrogen (secondary N) is 1. The zero-order valence-corrected chi connectivity index (χ0v) is 12.8. The van der Waals surface area contributed by atoms with Gasteiger partial charge in [0.05, 0.1) is 6.54 Å². The molecule has 1 N–H and O–H groups in total. The van der Waals surface area contributed by atoms with Crippen molar-refractivity contribution in [2.75, 3.05) is 0 Å². The van der Waals surface area contributed by atoms with E-state index in [2.05, 4.69) is 64.0 Å². The molecule has 1 aromatic heterocycles. The number of aromatic nitrogens is 2. The molecule has 0 bridgehead atoms. The second kappa shape index (κ2) is 5.39. The van der Waals surface area contributed by atoms with Crippen molar-refractivity contribution in [3.8, 4) is 0 Å². The Bertz CT molecular complexity index is 371. The zero-order chi connectivity index (χ0) is 14.0. The van der Waals surface area contributed by atoms with Crippen LogP contribution in [0, 0.1) is 11.3 Å². The Balaban J connectivity index is 2.54. The van der Waals surface area contributed by atoms with Gasteiger partial charge in [0.2, 0.25) is 11.8 Å². The van der Waals surface area contributed by atoms with Crippen molar-refractivity contribution in [3.05, 3.63) is 11.8 Å². The molecular formula is C14H27N3O. The highest BCUT2D eigenvalue weighted by Crippen LogP contribution is 2.28. The second-order valence-electron chi connectivity index (χ2n) is 7.16. The molecule has 0 saturated heterocycles. The van der Waals surface area contributed by atoms with Crippen molar-refractivity contribution in [1.82, 2.24) is 15.5 Å². The summed E-state index contributed by atoms with van der Waals surface area (Å²) in [5, 5.41) is 11.5. The summed E-state index contributed by atoms with van der Waals surface area (Å²) >= 11 is 0. The predicted molar refractivity (Wildman–Crippen MR) is 73.2 cm³/mol. The van der Waals surface area contributed by atoms with Gasteiger partial charge in [-0.15, -0.1) is 10.2 Å². The molecule has 4 heteroatoms. The van der Waals surface area contributed by atoms with Gasteiger partial charge in [0.15, 0.2) is 0 Å². The first-order chi connectivity index (χ1) is 8.08. The Morgan fingerprint density at radius 2 is 1.61 bits per heavy atom. The van der Waals surface area contributed by atoms with Gasteiger partial charge in [-0.3, -0.25) is 0 Å². The van der Waals surface area contributed by atoms with E-state index in [9.17, 15) is 0 Å². The smallest absolute Gasteiger partial charge is 0.230 e. The topological polar surface area (TPSA) is 51.0 Å². The summed E-state index contributed by atoms with van der Waals surface area (Å²) in [6.07, 6.45) is 0.839. The van der Waals surface area contributed by atoms with Crippen molar-refractivity contribution in [3.63, 3.8) is 0 Å². The Hall–Kier alpha value is -0.900. The van der Waals surface area contributed by atoms with Crippen molar-refractivity contribution in [1.29, 1.82) is 0 Å². The molecule has 0 aliphatic rings. The third kappa shape index (κ3) is 5.17. The highest BCUT2D eigenvalue weighted by molar-refractivity contribution is 4.87. The molecule has 18 heavy (non-hydrogen) atoms. The molecule has 0 amide bonds. The molecular weight excluding hydrogens is 226 g/mol. The van der Waals surface area contributed by atoms with E-state index in [0.717, 1.165) is 12.3 Å². The van der Waals surface area contributed by atoms with Crippen molar-refractivity contribution < 1.29 is 4.42 Å². The molecule has 4 nitrogen and oxygen atoms in total. The number of hydrogen-bond donors (Lipinski definition) is 1. The summed E-state index contributed by atoms with van der Waals surface area (Å²) in [5.41, 5.74) is 0.325. The normalized spacial score (nSPS) is 14.8. The fourth-order valence-corrected chi connectivity index (χ4v) is 1.35. The Morgan fingerprint density at radius 3 is 2.11 bits per heavy atom. The van der Waals surface area contributed by atoms with Crippen molar-refractivity contribution in [2.24, 2.45) is 11.3 Å². The highest BCUT2D eigenvalue weighted by atomic mass is 16.4. The number of hydrogen-bond acceptors (Lipinski definition) is 4. The summed E-state index contributed by atoms with van der Waals surface area (Å²) < 4.78 is 5.66. The number of nitrogens with zero attached hydrogens (tertiary/aromatic N) is 2. The minimum Gasteiger partial charge on any atom is -0.424 e. The fourth-order valence-electron chi connectivity index (χ4n) is 1.35. The first kappa shape index (κ1) is 15.2. The van der Waals surface area contributed by atoms with Crippen LogP contribution in [-0.2, 0) is 13.0 Å². The summed E-state index contributed by atoms with van der Waals surface area (Å²) in [7, 11) is 0. The molecule has 104 valence electrons. The van der Waals surface area contributed by atoms with Gasteiger partial charge in [-0.1, -0.05) is 27.7 Å². The minimum atomic E-state index is 0.0628. The SMILES string of the molecule is CC(Cc1nnc(CNC(C)(C)C)o1)C(C)(C)C.